The van der Waals surface area contributed by atoms with E-state index in [1.165, 1.54) is 11.1 Å². The first-order chi connectivity index (χ1) is 8.30. The molecule has 1 aromatic rings. The smallest absolute Gasteiger partial charge is 0.0869 e. The molecule has 1 atom stereocenters. The zero-order valence-corrected chi connectivity index (χ0v) is 13.2. The van der Waals surface area contributed by atoms with Crippen LogP contribution in [0.4, 0.5) is 0 Å². The summed E-state index contributed by atoms with van der Waals surface area (Å²) in [4.78, 5) is 1.99. The lowest BCUT2D eigenvalue weighted by Crippen LogP contribution is -2.45. The minimum atomic E-state index is -0.702. The van der Waals surface area contributed by atoms with E-state index in [-0.39, 0.29) is 0 Å². The van der Waals surface area contributed by atoms with Crippen LogP contribution in [0.15, 0.2) is 22.7 Å². The van der Waals surface area contributed by atoms with Crippen LogP contribution in [0.5, 0.6) is 0 Å². The molecule has 18 heavy (non-hydrogen) atoms. The summed E-state index contributed by atoms with van der Waals surface area (Å²) in [7, 11) is 3.93. The molecule has 0 aliphatic rings. The van der Waals surface area contributed by atoms with E-state index in [1.807, 2.05) is 32.0 Å². The van der Waals surface area contributed by atoms with Crippen molar-refractivity contribution in [3.63, 3.8) is 0 Å². The van der Waals surface area contributed by atoms with Gasteiger partial charge in [-0.3, -0.25) is 0 Å². The van der Waals surface area contributed by atoms with Crippen LogP contribution in [-0.2, 0) is 6.54 Å². The Morgan fingerprint density at radius 3 is 2.61 bits per heavy atom. The van der Waals surface area contributed by atoms with Crippen molar-refractivity contribution < 1.29 is 5.11 Å². The van der Waals surface area contributed by atoms with Gasteiger partial charge in [0.25, 0.3) is 0 Å². The van der Waals surface area contributed by atoms with Gasteiger partial charge in [0.1, 0.15) is 0 Å². The van der Waals surface area contributed by atoms with Gasteiger partial charge in [-0.15, -0.1) is 0 Å². The normalized spacial score (nSPS) is 14.8. The van der Waals surface area contributed by atoms with Crippen molar-refractivity contribution >= 4 is 15.9 Å². The van der Waals surface area contributed by atoms with Gasteiger partial charge in [0.15, 0.2) is 0 Å². The van der Waals surface area contributed by atoms with E-state index in [0.29, 0.717) is 13.1 Å². The topological polar surface area (TPSA) is 35.5 Å². The second-order valence-corrected chi connectivity index (χ2v) is 6.32. The molecule has 0 aromatic heterocycles. The number of nitrogens with one attached hydrogen (secondary N) is 1. The molecule has 102 valence electrons. The number of nitrogens with zero attached hydrogens (tertiary/aromatic N) is 1. The molecule has 0 aliphatic carbocycles. The van der Waals surface area contributed by atoms with Crippen LogP contribution in [0.3, 0.4) is 0 Å². The minimum Gasteiger partial charge on any atom is -0.388 e. The van der Waals surface area contributed by atoms with E-state index in [4.69, 9.17) is 0 Å². The second-order valence-electron chi connectivity index (χ2n) is 5.41. The maximum Gasteiger partial charge on any atom is 0.0869 e. The van der Waals surface area contributed by atoms with E-state index >= 15 is 0 Å². The van der Waals surface area contributed by atoms with Crippen LogP contribution in [0.2, 0.25) is 0 Å². The lowest BCUT2D eigenvalue weighted by atomic mass is 10.1. The number of rotatable bonds is 6. The highest BCUT2D eigenvalue weighted by Gasteiger charge is 2.20. The van der Waals surface area contributed by atoms with Crippen molar-refractivity contribution in [1.82, 2.24) is 10.2 Å². The average Bonchev–Trinajstić information content (AvgIpc) is 2.19. The molecule has 1 unspecified atom stereocenters. The number of aryl methyl sites for hydroxylation is 1. The molecule has 0 spiro atoms. The Kier molecular flexibility index (Phi) is 5.79. The van der Waals surface area contributed by atoms with Gasteiger partial charge < -0.3 is 15.3 Å². The molecule has 4 heteroatoms. The highest BCUT2D eigenvalue weighted by atomic mass is 79.9. The number of aliphatic hydroxyl groups is 1. The highest BCUT2D eigenvalue weighted by Crippen LogP contribution is 2.15. The molecule has 0 amide bonds. The molecule has 0 saturated carbocycles. The van der Waals surface area contributed by atoms with Crippen LogP contribution in [-0.4, -0.2) is 42.8 Å². The third kappa shape index (κ3) is 5.48. The number of hydrogen-bond donors (Lipinski definition) is 2. The van der Waals surface area contributed by atoms with Crippen molar-refractivity contribution in [2.24, 2.45) is 0 Å². The summed E-state index contributed by atoms with van der Waals surface area (Å²) in [6, 6.07) is 6.25. The fraction of sp³-hybridized carbons (Fsp3) is 0.571. The summed E-state index contributed by atoms with van der Waals surface area (Å²) in [5, 5.41) is 13.5. The third-order valence-corrected chi connectivity index (χ3v) is 3.28. The Labute approximate surface area is 118 Å². The van der Waals surface area contributed by atoms with Gasteiger partial charge in [0.05, 0.1) is 5.60 Å². The summed E-state index contributed by atoms with van der Waals surface area (Å²) in [6.45, 7) is 5.97. The predicted molar refractivity (Wildman–Crippen MR) is 79.8 cm³/mol. The van der Waals surface area contributed by atoms with E-state index in [0.717, 1.165) is 11.0 Å². The van der Waals surface area contributed by atoms with E-state index in [9.17, 15) is 5.11 Å². The van der Waals surface area contributed by atoms with Gasteiger partial charge in [0.2, 0.25) is 0 Å². The van der Waals surface area contributed by atoms with Crippen molar-refractivity contribution in [3.8, 4) is 0 Å². The maximum absolute atomic E-state index is 10.2. The molecule has 1 aromatic carbocycles. The predicted octanol–water partition coefficient (Wildman–Crippen LogP) is 2.16. The zero-order chi connectivity index (χ0) is 13.8. The highest BCUT2D eigenvalue weighted by molar-refractivity contribution is 9.10. The minimum absolute atomic E-state index is 0.584. The van der Waals surface area contributed by atoms with Gasteiger partial charge in [0, 0.05) is 24.1 Å². The molecule has 1 rings (SSSR count). The van der Waals surface area contributed by atoms with Crippen molar-refractivity contribution in [2.75, 3.05) is 27.2 Å². The molecule has 0 fully saturated rings. The van der Waals surface area contributed by atoms with E-state index in [1.54, 1.807) is 0 Å². The molecular formula is C14H23BrN2O. The molecule has 3 nitrogen and oxygen atoms in total. The largest absolute Gasteiger partial charge is 0.388 e. The Bertz CT molecular complexity index is 391. The zero-order valence-electron chi connectivity index (χ0n) is 11.6. The lowest BCUT2D eigenvalue weighted by molar-refractivity contribution is 0.0336. The Morgan fingerprint density at radius 2 is 2.06 bits per heavy atom. The van der Waals surface area contributed by atoms with Gasteiger partial charge in [-0.1, -0.05) is 22.0 Å². The Hall–Kier alpha value is -0.420. The molecule has 0 aliphatic heterocycles. The van der Waals surface area contributed by atoms with Crippen molar-refractivity contribution in [2.45, 2.75) is 26.0 Å². The quantitative estimate of drug-likeness (QED) is 0.844. The van der Waals surface area contributed by atoms with Crippen LogP contribution in [0, 0.1) is 6.92 Å². The maximum atomic E-state index is 10.2. The SMILES string of the molecule is Cc1cc(Br)ccc1CNCC(C)(O)CN(C)C. The molecule has 0 heterocycles. The summed E-state index contributed by atoms with van der Waals surface area (Å²) in [5.41, 5.74) is 1.82. The van der Waals surface area contributed by atoms with Gasteiger partial charge >= 0.3 is 0 Å². The molecular weight excluding hydrogens is 292 g/mol. The number of halogens is 1. The average molecular weight is 315 g/mol. The molecule has 0 bridgehead atoms. The second kappa shape index (κ2) is 6.66. The van der Waals surface area contributed by atoms with Crippen LogP contribution in [0.1, 0.15) is 18.1 Å². The monoisotopic (exact) mass is 314 g/mol. The van der Waals surface area contributed by atoms with Crippen LogP contribution in [0.25, 0.3) is 0 Å². The summed E-state index contributed by atoms with van der Waals surface area (Å²) < 4.78 is 1.10. The van der Waals surface area contributed by atoms with Crippen molar-refractivity contribution in [3.05, 3.63) is 33.8 Å². The first-order valence-electron chi connectivity index (χ1n) is 6.13. The Balaban J connectivity index is 2.46. The molecule has 0 radical (unpaired) electrons. The fourth-order valence-corrected chi connectivity index (χ4v) is 2.54. The summed E-state index contributed by atoms with van der Waals surface area (Å²) >= 11 is 3.46. The van der Waals surface area contributed by atoms with Crippen molar-refractivity contribution in [1.29, 1.82) is 0 Å². The third-order valence-electron chi connectivity index (χ3n) is 2.78. The lowest BCUT2D eigenvalue weighted by Gasteiger charge is -2.27. The number of hydrogen-bond acceptors (Lipinski definition) is 3. The first kappa shape index (κ1) is 15.6. The number of likely N-dealkylation sites (N-methyl/N-ethyl adjacent to an activating group) is 1. The Morgan fingerprint density at radius 1 is 1.39 bits per heavy atom. The standard InChI is InChI=1S/C14H23BrN2O/c1-11-7-13(15)6-5-12(11)8-16-9-14(2,18)10-17(3)4/h5-7,16,18H,8-10H2,1-4H3. The van der Waals surface area contributed by atoms with E-state index in [2.05, 4.69) is 40.3 Å². The fourth-order valence-electron chi connectivity index (χ4n) is 2.06. The molecule has 2 N–H and O–H groups in total. The molecule has 0 saturated heterocycles. The number of benzene rings is 1. The van der Waals surface area contributed by atoms with Gasteiger partial charge in [-0.05, 0) is 51.2 Å². The van der Waals surface area contributed by atoms with Crippen LogP contribution >= 0.6 is 15.9 Å². The van der Waals surface area contributed by atoms with Crippen LogP contribution < -0.4 is 5.32 Å². The van der Waals surface area contributed by atoms with E-state index < -0.39 is 5.60 Å². The van der Waals surface area contributed by atoms with Gasteiger partial charge in [-0.2, -0.15) is 0 Å². The van der Waals surface area contributed by atoms with Gasteiger partial charge in [-0.25, -0.2) is 0 Å². The summed E-state index contributed by atoms with van der Waals surface area (Å²) in [6.07, 6.45) is 0. The first-order valence-corrected chi connectivity index (χ1v) is 6.92. The summed E-state index contributed by atoms with van der Waals surface area (Å²) in [5.74, 6) is 0.